The molecule has 0 aromatic carbocycles. The Balaban J connectivity index is 0. The summed E-state index contributed by atoms with van der Waals surface area (Å²) < 4.78 is 0. The molecule has 0 aliphatic carbocycles. The maximum absolute atomic E-state index is 9.67. The van der Waals surface area contributed by atoms with Gasteiger partial charge in [0.25, 0.3) is 0 Å². The second-order valence-electron chi connectivity index (χ2n) is 1.08. The van der Waals surface area contributed by atoms with E-state index in [1.807, 2.05) is 0 Å². The molecule has 0 aliphatic rings. The van der Waals surface area contributed by atoms with E-state index in [1.54, 1.807) is 0 Å². The van der Waals surface area contributed by atoms with Gasteiger partial charge in [-0.05, 0) is 6.92 Å². The van der Waals surface area contributed by atoms with Crippen molar-refractivity contribution < 1.29 is 9.90 Å². The number of nitrogens with two attached hydrogens (primary N) is 1. The van der Waals surface area contributed by atoms with E-state index >= 15 is 0 Å². The molecule has 0 rings (SSSR count). The van der Waals surface area contributed by atoms with Crippen LogP contribution in [0.4, 0.5) is 0 Å². The smallest absolute Gasteiger partial charge is 0.245 e. The molecule has 3 heteroatoms. The minimum absolute atomic E-state index is 0. The molecule has 0 radical (unpaired) electrons. The van der Waals surface area contributed by atoms with Crippen LogP contribution >= 0.6 is 0 Å². The zero-order chi connectivity index (χ0) is 5.15. The average molecular weight is 105 g/mol. The summed E-state index contributed by atoms with van der Waals surface area (Å²) in [5.41, 5.74) is 4.55. The SMILES string of the molecule is C.CC(O)C(N)=O. The third kappa shape index (κ3) is 5.43. The van der Waals surface area contributed by atoms with E-state index in [1.165, 1.54) is 6.92 Å². The molecule has 0 saturated heterocycles. The Labute approximate surface area is 43.1 Å². The van der Waals surface area contributed by atoms with Gasteiger partial charge in [0.15, 0.2) is 0 Å². The van der Waals surface area contributed by atoms with Gasteiger partial charge in [0.1, 0.15) is 6.10 Å². The molecule has 3 nitrogen and oxygen atoms in total. The Kier molecular flexibility index (Phi) is 4.99. The van der Waals surface area contributed by atoms with Crippen molar-refractivity contribution in [3.05, 3.63) is 0 Å². The molecular weight excluding hydrogens is 94.0 g/mol. The fourth-order valence-corrected chi connectivity index (χ4v) is 0. The van der Waals surface area contributed by atoms with Crippen molar-refractivity contribution in [1.29, 1.82) is 0 Å². The molecule has 7 heavy (non-hydrogen) atoms. The minimum atomic E-state index is -1.01. The molecule has 0 spiro atoms. The summed E-state index contributed by atoms with van der Waals surface area (Å²) in [5, 5.41) is 8.16. The van der Waals surface area contributed by atoms with E-state index in [4.69, 9.17) is 5.11 Å². The van der Waals surface area contributed by atoms with Crippen molar-refractivity contribution in [2.45, 2.75) is 20.5 Å². The standard InChI is InChI=1S/C3H7NO2.CH4/c1-2(5)3(4)6;/h2,5H,1H3,(H2,4,6);1H4. The van der Waals surface area contributed by atoms with Gasteiger partial charge in [-0.25, -0.2) is 0 Å². The van der Waals surface area contributed by atoms with Crippen LogP contribution in [0.2, 0.25) is 0 Å². The van der Waals surface area contributed by atoms with Gasteiger partial charge in [-0.15, -0.1) is 0 Å². The highest BCUT2D eigenvalue weighted by Crippen LogP contribution is 1.70. The summed E-state index contributed by atoms with van der Waals surface area (Å²) in [4.78, 5) is 9.67. The Morgan fingerprint density at radius 1 is 1.86 bits per heavy atom. The number of hydrogen-bond donors (Lipinski definition) is 2. The van der Waals surface area contributed by atoms with Gasteiger partial charge in [-0.1, -0.05) is 7.43 Å². The zero-order valence-corrected chi connectivity index (χ0v) is 3.51. The van der Waals surface area contributed by atoms with Gasteiger partial charge in [0.05, 0.1) is 0 Å². The Bertz CT molecular complexity index is 60.7. The summed E-state index contributed by atoms with van der Waals surface area (Å²) in [6, 6.07) is 0. The molecule has 44 valence electrons. The van der Waals surface area contributed by atoms with Crippen LogP contribution in [0.25, 0.3) is 0 Å². The first-order valence-electron chi connectivity index (χ1n) is 1.62. The van der Waals surface area contributed by atoms with Gasteiger partial charge < -0.3 is 10.8 Å². The quantitative estimate of drug-likeness (QED) is 0.471. The van der Waals surface area contributed by atoms with Crippen LogP contribution in [0.5, 0.6) is 0 Å². The van der Waals surface area contributed by atoms with Crippen LogP contribution in [0.15, 0.2) is 0 Å². The molecule has 0 aromatic heterocycles. The molecule has 3 N–H and O–H groups in total. The fraction of sp³-hybridized carbons (Fsp3) is 0.750. The molecule has 0 heterocycles. The number of hydrogen-bond acceptors (Lipinski definition) is 2. The number of amides is 1. The summed E-state index contributed by atoms with van der Waals surface area (Å²) in [6.45, 7) is 1.32. The summed E-state index contributed by atoms with van der Waals surface area (Å²) in [7, 11) is 0. The number of carbonyl (C=O) groups is 1. The van der Waals surface area contributed by atoms with Gasteiger partial charge >= 0.3 is 0 Å². The first-order valence-corrected chi connectivity index (χ1v) is 1.62. The number of primary amides is 1. The Morgan fingerprint density at radius 3 is 2.00 bits per heavy atom. The minimum Gasteiger partial charge on any atom is -0.384 e. The summed E-state index contributed by atoms with van der Waals surface area (Å²) >= 11 is 0. The number of rotatable bonds is 1. The fourth-order valence-electron chi connectivity index (χ4n) is 0. The van der Waals surface area contributed by atoms with Crippen molar-refractivity contribution in [1.82, 2.24) is 0 Å². The summed E-state index contributed by atoms with van der Waals surface area (Å²) in [6.07, 6.45) is -1.01. The predicted molar refractivity (Wildman–Crippen MR) is 27.6 cm³/mol. The van der Waals surface area contributed by atoms with E-state index in [0.29, 0.717) is 0 Å². The van der Waals surface area contributed by atoms with Crippen LogP contribution in [0.1, 0.15) is 14.4 Å². The number of aliphatic hydroxyl groups excluding tert-OH is 1. The van der Waals surface area contributed by atoms with Gasteiger partial charge in [-0.3, -0.25) is 4.79 Å². The molecule has 0 aliphatic heterocycles. The molecule has 0 saturated carbocycles. The van der Waals surface area contributed by atoms with Crippen molar-refractivity contribution >= 4 is 5.91 Å². The topological polar surface area (TPSA) is 63.3 Å². The highest BCUT2D eigenvalue weighted by Gasteiger charge is 1.98. The third-order valence-corrected chi connectivity index (χ3v) is 0.412. The van der Waals surface area contributed by atoms with Gasteiger partial charge in [-0.2, -0.15) is 0 Å². The number of carbonyl (C=O) groups excluding carboxylic acids is 1. The van der Waals surface area contributed by atoms with E-state index in [0.717, 1.165) is 0 Å². The van der Waals surface area contributed by atoms with Crippen molar-refractivity contribution in [3.8, 4) is 0 Å². The third-order valence-electron chi connectivity index (χ3n) is 0.412. The van der Waals surface area contributed by atoms with Crippen molar-refractivity contribution in [2.75, 3.05) is 0 Å². The van der Waals surface area contributed by atoms with Crippen LogP contribution in [0, 0.1) is 0 Å². The lowest BCUT2D eigenvalue weighted by atomic mass is 10.4. The van der Waals surface area contributed by atoms with E-state index in [-0.39, 0.29) is 7.43 Å². The van der Waals surface area contributed by atoms with Crippen LogP contribution in [-0.2, 0) is 4.79 Å². The van der Waals surface area contributed by atoms with Crippen molar-refractivity contribution in [3.63, 3.8) is 0 Å². The molecule has 0 bridgehead atoms. The first-order chi connectivity index (χ1) is 2.64. The molecule has 1 amide bonds. The first kappa shape index (κ1) is 9.66. The maximum atomic E-state index is 9.67. The predicted octanol–water partition coefficient (Wildman–Crippen LogP) is -0.511. The molecule has 0 aromatic rings. The number of aliphatic hydroxyl groups is 1. The molecule has 1 unspecified atom stereocenters. The zero-order valence-electron chi connectivity index (χ0n) is 3.51. The molecular formula is C4H11NO2. The van der Waals surface area contributed by atoms with E-state index in [2.05, 4.69) is 5.73 Å². The van der Waals surface area contributed by atoms with E-state index < -0.39 is 12.0 Å². The normalized spacial score (nSPS) is 11.7. The summed E-state index contributed by atoms with van der Waals surface area (Å²) in [5.74, 6) is -0.685. The Hall–Kier alpha value is -0.570. The monoisotopic (exact) mass is 105 g/mol. The van der Waals surface area contributed by atoms with Crippen LogP contribution in [-0.4, -0.2) is 17.1 Å². The Morgan fingerprint density at radius 2 is 2.00 bits per heavy atom. The average Bonchev–Trinajstić information content (AvgIpc) is 1.36. The highest BCUT2D eigenvalue weighted by atomic mass is 16.3. The second-order valence-corrected chi connectivity index (χ2v) is 1.08. The largest absolute Gasteiger partial charge is 0.384 e. The van der Waals surface area contributed by atoms with Crippen LogP contribution in [0.3, 0.4) is 0 Å². The van der Waals surface area contributed by atoms with Crippen molar-refractivity contribution in [2.24, 2.45) is 5.73 Å². The van der Waals surface area contributed by atoms with Gasteiger partial charge in [0.2, 0.25) is 5.91 Å². The van der Waals surface area contributed by atoms with Crippen LogP contribution < -0.4 is 5.73 Å². The lowest BCUT2D eigenvalue weighted by Gasteiger charge is -1.90. The molecule has 1 atom stereocenters. The maximum Gasteiger partial charge on any atom is 0.245 e. The highest BCUT2D eigenvalue weighted by molar-refractivity contribution is 5.77. The molecule has 0 fully saturated rings. The lowest BCUT2D eigenvalue weighted by molar-refractivity contribution is -0.125. The second kappa shape index (κ2) is 3.61. The van der Waals surface area contributed by atoms with E-state index in [9.17, 15) is 4.79 Å². The van der Waals surface area contributed by atoms with Gasteiger partial charge in [0, 0.05) is 0 Å². The lowest BCUT2D eigenvalue weighted by Crippen LogP contribution is -2.24.